The van der Waals surface area contributed by atoms with Crippen molar-refractivity contribution in [3.05, 3.63) is 46.9 Å². The van der Waals surface area contributed by atoms with Crippen LogP contribution in [0.2, 0.25) is 0 Å². The Labute approximate surface area is 136 Å². The van der Waals surface area contributed by atoms with Crippen molar-refractivity contribution in [3.8, 4) is 0 Å². The van der Waals surface area contributed by atoms with Gasteiger partial charge in [-0.15, -0.1) is 0 Å². The Morgan fingerprint density at radius 1 is 1.13 bits per heavy atom. The average molecular weight is 314 g/mol. The molecule has 6 heteroatoms. The van der Waals surface area contributed by atoms with E-state index in [0.717, 1.165) is 16.8 Å². The first-order valence-electron chi connectivity index (χ1n) is 7.45. The highest BCUT2D eigenvalue weighted by atomic mass is 16.5. The largest absolute Gasteiger partial charge is 0.383 e. The third-order valence-electron chi connectivity index (χ3n) is 3.42. The number of carbonyl (C=O) groups excluding carboxylic acids is 1. The first-order chi connectivity index (χ1) is 11.0. The zero-order chi connectivity index (χ0) is 16.8. The number of hydrogen-bond donors (Lipinski definition) is 2. The molecular formula is C17H22N4O2. The molecule has 6 nitrogen and oxygen atoms in total. The fraction of sp³-hybridized carbons (Fsp3) is 0.353. The second-order valence-corrected chi connectivity index (χ2v) is 5.44. The second kappa shape index (κ2) is 7.69. The lowest BCUT2D eigenvalue weighted by Gasteiger charge is -2.13. The molecule has 0 radical (unpaired) electrons. The number of ether oxygens (including phenoxy) is 1. The Kier molecular flexibility index (Phi) is 5.65. The molecule has 1 heterocycles. The van der Waals surface area contributed by atoms with Crippen molar-refractivity contribution in [2.75, 3.05) is 25.6 Å². The maximum Gasteiger partial charge on any atom is 0.270 e. The van der Waals surface area contributed by atoms with Crippen LogP contribution in [0.4, 0.5) is 11.5 Å². The van der Waals surface area contributed by atoms with Gasteiger partial charge in [0.2, 0.25) is 0 Å². The highest BCUT2D eigenvalue weighted by Crippen LogP contribution is 2.25. The highest BCUT2D eigenvalue weighted by molar-refractivity contribution is 5.93. The van der Waals surface area contributed by atoms with Crippen LogP contribution in [0.3, 0.4) is 0 Å². The minimum Gasteiger partial charge on any atom is -0.383 e. The van der Waals surface area contributed by atoms with Crippen molar-refractivity contribution in [1.82, 2.24) is 15.3 Å². The first kappa shape index (κ1) is 16.9. The standard InChI is InChI=1S/C17H22N4O2/c1-11-7-12(2)16(13(3)8-11)21-15-9-14(19-10-20-15)17(22)18-5-6-23-4/h7-10H,5-6H2,1-4H3,(H,18,22)(H,19,20,21). The lowest BCUT2D eigenvalue weighted by molar-refractivity contribution is 0.0932. The Morgan fingerprint density at radius 2 is 1.83 bits per heavy atom. The number of aryl methyl sites for hydroxylation is 3. The van der Waals surface area contributed by atoms with E-state index in [2.05, 4.69) is 39.7 Å². The van der Waals surface area contributed by atoms with Crippen LogP contribution in [0.25, 0.3) is 0 Å². The van der Waals surface area contributed by atoms with Gasteiger partial charge in [-0.1, -0.05) is 17.7 Å². The third-order valence-corrected chi connectivity index (χ3v) is 3.42. The smallest absolute Gasteiger partial charge is 0.270 e. The summed E-state index contributed by atoms with van der Waals surface area (Å²) in [6.45, 7) is 7.06. The first-order valence-corrected chi connectivity index (χ1v) is 7.45. The zero-order valence-electron chi connectivity index (χ0n) is 13.9. The van der Waals surface area contributed by atoms with Gasteiger partial charge < -0.3 is 15.4 Å². The SMILES string of the molecule is COCCNC(=O)c1cc(Nc2c(C)cc(C)cc2C)ncn1. The molecular weight excluding hydrogens is 292 g/mol. The Hall–Kier alpha value is -2.47. The number of nitrogens with zero attached hydrogens (tertiary/aromatic N) is 2. The van der Waals surface area contributed by atoms with E-state index in [-0.39, 0.29) is 5.91 Å². The quantitative estimate of drug-likeness (QED) is 0.801. The normalized spacial score (nSPS) is 10.4. The molecule has 1 amide bonds. The fourth-order valence-corrected chi connectivity index (χ4v) is 2.41. The van der Waals surface area contributed by atoms with Crippen LogP contribution in [0.15, 0.2) is 24.5 Å². The average Bonchev–Trinajstić information content (AvgIpc) is 2.51. The maximum atomic E-state index is 12.0. The van der Waals surface area contributed by atoms with Crippen LogP contribution in [-0.4, -0.2) is 36.1 Å². The van der Waals surface area contributed by atoms with Gasteiger partial charge in [-0.25, -0.2) is 9.97 Å². The molecule has 122 valence electrons. The van der Waals surface area contributed by atoms with Crippen LogP contribution in [0.1, 0.15) is 27.2 Å². The van der Waals surface area contributed by atoms with E-state index in [1.807, 2.05) is 13.8 Å². The number of carbonyl (C=O) groups is 1. The molecule has 0 bridgehead atoms. The number of nitrogens with one attached hydrogen (secondary N) is 2. The van der Waals surface area contributed by atoms with Crippen LogP contribution < -0.4 is 10.6 Å². The van der Waals surface area contributed by atoms with Crippen LogP contribution >= 0.6 is 0 Å². The van der Waals surface area contributed by atoms with Gasteiger partial charge >= 0.3 is 0 Å². The lowest BCUT2D eigenvalue weighted by Crippen LogP contribution is -2.27. The molecule has 1 aromatic carbocycles. The van der Waals surface area contributed by atoms with Gasteiger partial charge in [0, 0.05) is 25.4 Å². The molecule has 0 atom stereocenters. The number of anilines is 2. The van der Waals surface area contributed by atoms with Crippen LogP contribution in [0.5, 0.6) is 0 Å². The predicted molar refractivity (Wildman–Crippen MR) is 90.2 cm³/mol. The number of rotatable bonds is 6. The number of benzene rings is 1. The molecule has 2 aromatic rings. The molecule has 1 aromatic heterocycles. The number of methoxy groups -OCH3 is 1. The molecule has 0 spiro atoms. The van der Waals surface area contributed by atoms with Crippen LogP contribution in [0, 0.1) is 20.8 Å². The van der Waals surface area contributed by atoms with Crippen molar-refractivity contribution in [2.45, 2.75) is 20.8 Å². The molecule has 0 aliphatic carbocycles. The van der Waals surface area contributed by atoms with Crippen molar-refractivity contribution in [1.29, 1.82) is 0 Å². The Balaban J connectivity index is 2.16. The van der Waals surface area contributed by atoms with E-state index >= 15 is 0 Å². The number of hydrogen-bond acceptors (Lipinski definition) is 5. The summed E-state index contributed by atoms with van der Waals surface area (Å²) in [5, 5.41) is 6.01. The minimum absolute atomic E-state index is 0.246. The van der Waals surface area contributed by atoms with Gasteiger partial charge in [-0.05, 0) is 31.9 Å². The topological polar surface area (TPSA) is 76.1 Å². The summed E-state index contributed by atoms with van der Waals surface area (Å²) >= 11 is 0. The van der Waals surface area contributed by atoms with Crippen molar-refractivity contribution in [2.24, 2.45) is 0 Å². The maximum absolute atomic E-state index is 12.0. The molecule has 0 fully saturated rings. The summed E-state index contributed by atoms with van der Waals surface area (Å²) in [7, 11) is 1.59. The van der Waals surface area contributed by atoms with Gasteiger partial charge in [0.1, 0.15) is 17.8 Å². The molecule has 23 heavy (non-hydrogen) atoms. The fourth-order valence-electron chi connectivity index (χ4n) is 2.41. The third kappa shape index (κ3) is 4.50. The van der Waals surface area contributed by atoms with E-state index in [4.69, 9.17) is 4.74 Å². The number of amides is 1. The van der Waals surface area contributed by atoms with E-state index in [0.29, 0.717) is 24.7 Å². The molecule has 0 unspecified atom stereocenters. The molecule has 0 aliphatic heterocycles. The van der Waals surface area contributed by atoms with Crippen molar-refractivity contribution < 1.29 is 9.53 Å². The Bertz CT molecular complexity index is 678. The van der Waals surface area contributed by atoms with E-state index in [1.165, 1.54) is 11.9 Å². The van der Waals surface area contributed by atoms with Crippen LogP contribution in [-0.2, 0) is 4.74 Å². The zero-order valence-corrected chi connectivity index (χ0v) is 13.9. The molecule has 2 rings (SSSR count). The summed E-state index contributed by atoms with van der Waals surface area (Å²) in [6.07, 6.45) is 1.38. The summed E-state index contributed by atoms with van der Waals surface area (Å²) in [6, 6.07) is 5.85. The predicted octanol–water partition coefficient (Wildman–Crippen LogP) is 2.52. The van der Waals surface area contributed by atoms with Gasteiger partial charge in [-0.3, -0.25) is 4.79 Å². The number of aromatic nitrogens is 2. The van der Waals surface area contributed by atoms with E-state index in [1.54, 1.807) is 13.2 Å². The van der Waals surface area contributed by atoms with E-state index < -0.39 is 0 Å². The van der Waals surface area contributed by atoms with Crippen molar-refractivity contribution >= 4 is 17.4 Å². The van der Waals surface area contributed by atoms with Gasteiger partial charge in [0.05, 0.1) is 6.61 Å². The van der Waals surface area contributed by atoms with Gasteiger partial charge in [0.25, 0.3) is 5.91 Å². The van der Waals surface area contributed by atoms with Gasteiger partial charge in [0.15, 0.2) is 0 Å². The van der Waals surface area contributed by atoms with Crippen molar-refractivity contribution in [3.63, 3.8) is 0 Å². The van der Waals surface area contributed by atoms with E-state index in [9.17, 15) is 4.79 Å². The molecule has 2 N–H and O–H groups in total. The van der Waals surface area contributed by atoms with Gasteiger partial charge in [-0.2, -0.15) is 0 Å². The molecule has 0 saturated carbocycles. The molecule has 0 saturated heterocycles. The minimum atomic E-state index is -0.246. The summed E-state index contributed by atoms with van der Waals surface area (Å²) in [5.41, 5.74) is 4.80. The summed E-state index contributed by atoms with van der Waals surface area (Å²) in [5.74, 6) is 0.344. The second-order valence-electron chi connectivity index (χ2n) is 5.44. The Morgan fingerprint density at radius 3 is 2.48 bits per heavy atom. The monoisotopic (exact) mass is 314 g/mol. The highest BCUT2D eigenvalue weighted by Gasteiger charge is 2.10. The molecule has 0 aliphatic rings. The summed E-state index contributed by atoms with van der Waals surface area (Å²) < 4.78 is 4.91. The summed E-state index contributed by atoms with van der Waals surface area (Å²) in [4.78, 5) is 20.2. The lowest BCUT2D eigenvalue weighted by atomic mass is 10.1.